The Morgan fingerprint density at radius 2 is 2.19 bits per heavy atom. The Kier molecular flexibility index (Phi) is 4.62. The molecule has 26 heavy (non-hydrogen) atoms. The molecule has 3 heterocycles. The molecule has 0 saturated carbocycles. The van der Waals surface area contributed by atoms with E-state index in [0.29, 0.717) is 30.4 Å². The van der Waals surface area contributed by atoms with Crippen molar-refractivity contribution < 1.29 is 13.7 Å². The molecule has 1 aliphatic heterocycles. The summed E-state index contributed by atoms with van der Waals surface area (Å²) in [5.74, 6) is 0.792. The smallest absolute Gasteiger partial charge is 0.223 e. The van der Waals surface area contributed by atoms with Crippen molar-refractivity contribution in [2.45, 2.75) is 32.4 Å². The van der Waals surface area contributed by atoms with Crippen molar-refractivity contribution in [3.63, 3.8) is 0 Å². The summed E-state index contributed by atoms with van der Waals surface area (Å²) in [4.78, 5) is 8.98. The van der Waals surface area contributed by atoms with E-state index in [9.17, 15) is 4.39 Å². The van der Waals surface area contributed by atoms with Gasteiger partial charge in [0.25, 0.3) is 0 Å². The number of nitrogens with zero attached hydrogens (tertiary/aromatic N) is 3. The van der Waals surface area contributed by atoms with Crippen LogP contribution in [0.4, 0.5) is 10.3 Å². The van der Waals surface area contributed by atoms with Crippen LogP contribution in [0.3, 0.4) is 0 Å². The number of halogens is 1. The largest absolute Gasteiger partial charge is 0.372 e. The summed E-state index contributed by atoms with van der Waals surface area (Å²) in [6.07, 6.45) is 3.48. The fourth-order valence-electron chi connectivity index (χ4n) is 3.02. The van der Waals surface area contributed by atoms with E-state index in [1.165, 1.54) is 6.07 Å². The number of ether oxygens (including phenoxy) is 1. The van der Waals surface area contributed by atoms with E-state index in [2.05, 4.69) is 20.4 Å². The number of aryl methyl sites for hydroxylation is 1. The Hall–Kier alpha value is -2.80. The van der Waals surface area contributed by atoms with Gasteiger partial charge in [-0.1, -0.05) is 23.4 Å². The molecule has 0 radical (unpaired) electrons. The number of nitrogens with one attached hydrogen (secondary N) is 1. The molecule has 0 aliphatic carbocycles. The molecule has 134 valence electrons. The van der Waals surface area contributed by atoms with Gasteiger partial charge in [0.15, 0.2) is 5.76 Å². The summed E-state index contributed by atoms with van der Waals surface area (Å²) in [5.41, 5.74) is 2.89. The molecule has 7 heteroatoms. The molecule has 0 amide bonds. The number of benzene rings is 1. The number of hydrogen-bond acceptors (Lipinski definition) is 6. The molecule has 1 fully saturated rings. The lowest BCUT2D eigenvalue weighted by atomic mass is 10.1. The average Bonchev–Trinajstić information content (AvgIpc) is 3.33. The molecule has 1 saturated heterocycles. The Balaban J connectivity index is 1.62. The summed E-state index contributed by atoms with van der Waals surface area (Å²) in [6.45, 7) is 2.88. The second-order valence-corrected chi connectivity index (χ2v) is 6.27. The van der Waals surface area contributed by atoms with E-state index in [4.69, 9.17) is 9.26 Å². The molecule has 1 aromatic carbocycles. The molecule has 6 nitrogen and oxygen atoms in total. The molecular formula is C19H19FN4O2. The SMILES string of the molecule is Cc1cc(-c2cnc(NCc3ccccc3F)nc2[C@@H]2CCCO2)on1. The van der Waals surface area contributed by atoms with Crippen LogP contribution < -0.4 is 5.32 Å². The first-order valence-electron chi connectivity index (χ1n) is 8.60. The van der Waals surface area contributed by atoms with Crippen LogP contribution in [0.15, 0.2) is 41.1 Å². The van der Waals surface area contributed by atoms with Gasteiger partial charge in [0.2, 0.25) is 5.95 Å². The lowest BCUT2D eigenvalue weighted by Gasteiger charge is -2.14. The number of anilines is 1. The Morgan fingerprint density at radius 1 is 1.31 bits per heavy atom. The number of hydrogen-bond donors (Lipinski definition) is 1. The molecule has 1 aliphatic rings. The third-order valence-electron chi connectivity index (χ3n) is 4.34. The molecule has 4 rings (SSSR count). The minimum Gasteiger partial charge on any atom is -0.372 e. The van der Waals surface area contributed by atoms with Crippen LogP contribution in [0.5, 0.6) is 0 Å². The second-order valence-electron chi connectivity index (χ2n) is 6.27. The van der Waals surface area contributed by atoms with Crippen LogP contribution in [0.2, 0.25) is 0 Å². The highest BCUT2D eigenvalue weighted by Crippen LogP contribution is 2.34. The lowest BCUT2D eigenvalue weighted by Crippen LogP contribution is -2.09. The summed E-state index contributed by atoms with van der Waals surface area (Å²) < 4.78 is 25.0. The standard InChI is InChI=1S/C19H19FN4O2/c1-12-9-17(26-24-12)14-11-22-19(23-18(14)16-7-4-8-25-16)21-10-13-5-2-3-6-15(13)20/h2-3,5-6,9,11,16H,4,7-8,10H2,1H3,(H,21,22,23)/t16-/m0/s1. The maximum Gasteiger partial charge on any atom is 0.223 e. The van der Waals surface area contributed by atoms with Crippen molar-refractivity contribution in [1.29, 1.82) is 0 Å². The van der Waals surface area contributed by atoms with Gasteiger partial charge in [0.1, 0.15) is 11.9 Å². The van der Waals surface area contributed by atoms with Crippen LogP contribution >= 0.6 is 0 Å². The van der Waals surface area contributed by atoms with Crippen molar-refractivity contribution in [3.05, 3.63) is 59.3 Å². The molecule has 0 bridgehead atoms. The average molecular weight is 354 g/mol. The van der Waals surface area contributed by atoms with Gasteiger partial charge in [0, 0.05) is 31.0 Å². The zero-order valence-corrected chi connectivity index (χ0v) is 14.4. The fraction of sp³-hybridized carbons (Fsp3) is 0.316. The van der Waals surface area contributed by atoms with Crippen molar-refractivity contribution in [1.82, 2.24) is 15.1 Å². The molecule has 1 atom stereocenters. The van der Waals surface area contributed by atoms with E-state index >= 15 is 0 Å². The molecule has 1 N–H and O–H groups in total. The van der Waals surface area contributed by atoms with E-state index in [1.807, 2.05) is 13.0 Å². The zero-order chi connectivity index (χ0) is 17.9. The van der Waals surface area contributed by atoms with Gasteiger partial charge >= 0.3 is 0 Å². The first kappa shape index (κ1) is 16.7. The van der Waals surface area contributed by atoms with Gasteiger partial charge in [-0.2, -0.15) is 0 Å². The third kappa shape index (κ3) is 3.43. The molecule has 2 aromatic heterocycles. The Labute approximate surface area is 150 Å². The predicted molar refractivity (Wildman–Crippen MR) is 93.9 cm³/mol. The van der Waals surface area contributed by atoms with Crippen molar-refractivity contribution in [2.24, 2.45) is 0 Å². The number of rotatable bonds is 5. The highest BCUT2D eigenvalue weighted by molar-refractivity contribution is 5.61. The van der Waals surface area contributed by atoms with Crippen LogP contribution in [0.1, 0.15) is 35.9 Å². The maximum absolute atomic E-state index is 13.8. The van der Waals surface area contributed by atoms with E-state index in [-0.39, 0.29) is 11.9 Å². The summed E-state index contributed by atoms with van der Waals surface area (Å²) >= 11 is 0. The molecular weight excluding hydrogens is 335 g/mol. The zero-order valence-electron chi connectivity index (χ0n) is 14.4. The second kappa shape index (κ2) is 7.21. The van der Waals surface area contributed by atoms with Crippen LogP contribution in [0, 0.1) is 12.7 Å². The van der Waals surface area contributed by atoms with Gasteiger partial charge < -0.3 is 14.6 Å². The molecule has 0 spiro atoms. The van der Waals surface area contributed by atoms with Crippen molar-refractivity contribution in [2.75, 3.05) is 11.9 Å². The van der Waals surface area contributed by atoms with E-state index in [1.54, 1.807) is 24.4 Å². The predicted octanol–water partition coefficient (Wildman–Crippen LogP) is 4.04. The fourth-order valence-corrected chi connectivity index (χ4v) is 3.02. The normalized spacial score (nSPS) is 16.8. The van der Waals surface area contributed by atoms with Crippen LogP contribution in [-0.2, 0) is 11.3 Å². The number of aromatic nitrogens is 3. The first-order valence-corrected chi connectivity index (χ1v) is 8.60. The van der Waals surface area contributed by atoms with Gasteiger partial charge in [-0.05, 0) is 25.8 Å². The monoisotopic (exact) mass is 354 g/mol. The Morgan fingerprint density at radius 3 is 2.92 bits per heavy atom. The first-order chi connectivity index (χ1) is 12.7. The minimum absolute atomic E-state index is 0.104. The summed E-state index contributed by atoms with van der Waals surface area (Å²) in [7, 11) is 0. The molecule has 0 unspecified atom stereocenters. The maximum atomic E-state index is 13.8. The van der Waals surface area contributed by atoms with Crippen molar-refractivity contribution in [3.8, 4) is 11.3 Å². The third-order valence-corrected chi connectivity index (χ3v) is 4.34. The minimum atomic E-state index is -0.256. The van der Waals surface area contributed by atoms with Gasteiger partial charge in [-0.3, -0.25) is 0 Å². The highest BCUT2D eigenvalue weighted by atomic mass is 19.1. The summed E-state index contributed by atoms with van der Waals surface area (Å²) in [6, 6.07) is 8.48. The molecule has 3 aromatic rings. The van der Waals surface area contributed by atoms with Crippen LogP contribution in [0.25, 0.3) is 11.3 Å². The summed E-state index contributed by atoms with van der Waals surface area (Å²) in [5, 5.41) is 7.03. The quantitative estimate of drug-likeness (QED) is 0.745. The van der Waals surface area contributed by atoms with Crippen molar-refractivity contribution >= 4 is 5.95 Å². The lowest BCUT2D eigenvalue weighted by molar-refractivity contribution is 0.109. The van der Waals surface area contributed by atoms with Gasteiger partial charge in [-0.25, -0.2) is 14.4 Å². The topological polar surface area (TPSA) is 73.1 Å². The van der Waals surface area contributed by atoms with Gasteiger partial charge in [-0.15, -0.1) is 0 Å². The van der Waals surface area contributed by atoms with E-state index < -0.39 is 0 Å². The van der Waals surface area contributed by atoms with Gasteiger partial charge in [0.05, 0.1) is 17.0 Å². The van der Waals surface area contributed by atoms with E-state index in [0.717, 1.165) is 29.8 Å². The highest BCUT2D eigenvalue weighted by Gasteiger charge is 2.25. The van der Waals surface area contributed by atoms with Crippen LogP contribution in [-0.4, -0.2) is 21.7 Å². The Bertz CT molecular complexity index is 906.